The maximum Gasteiger partial charge on any atom is 0.263 e. The topological polar surface area (TPSA) is 71.5 Å². The number of hydrogen-bond acceptors (Lipinski definition) is 5. The molecule has 1 aromatic heterocycles. The summed E-state index contributed by atoms with van der Waals surface area (Å²) in [6, 6.07) is 7.50. The lowest BCUT2D eigenvalue weighted by molar-refractivity contribution is 0.0913. The molecule has 1 aliphatic heterocycles. The van der Waals surface area contributed by atoms with Gasteiger partial charge in [-0.2, -0.15) is 0 Å². The third-order valence-corrected chi connectivity index (χ3v) is 5.94. The number of aliphatic hydroxyl groups excluding tert-OH is 1. The van der Waals surface area contributed by atoms with E-state index in [-0.39, 0.29) is 30.6 Å². The van der Waals surface area contributed by atoms with Gasteiger partial charge in [-0.3, -0.25) is 4.79 Å². The van der Waals surface area contributed by atoms with E-state index < -0.39 is 0 Å². The number of ether oxygens (including phenoxy) is 1. The number of nitrogens with one attached hydrogen (secondary N) is 1. The number of thiazole rings is 1. The molecule has 1 aliphatic rings. The first-order valence-electron chi connectivity index (χ1n) is 8.33. The van der Waals surface area contributed by atoms with Gasteiger partial charge in [0.15, 0.2) is 0 Å². The Kier molecular flexibility index (Phi) is 6.22. The Bertz CT molecular complexity index is 713. The zero-order valence-electron chi connectivity index (χ0n) is 13.9. The van der Waals surface area contributed by atoms with Gasteiger partial charge in [-0.15, -0.1) is 11.3 Å². The summed E-state index contributed by atoms with van der Waals surface area (Å²) in [4.78, 5) is 17.6. The number of nitrogens with zero attached hydrogens (tertiary/aromatic N) is 1. The number of rotatable bonds is 6. The number of carbonyl (C=O) groups excluding carboxylic acids is 1. The van der Waals surface area contributed by atoms with Gasteiger partial charge in [-0.05, 0) is 30.5 Å². The molecule has 0 saturated carbocycles. The Balaban J connectivity index is 1.74. The van der Waals surface area contributed by atoms with E-state index in [0.29, 0.717) is 4.88 Å². The first-order chi connectivity index (χ1) is 12.1. The molecule has 1 amide bonds. The molecule has 0 spiro atoms. The molecule has 0 bridgehead atoms. The predicted molar refractivity (Wildman–Crippen MR) is 101 cm³/mol. The lowest BCUT2D eigenvalue weighted by Gasteiger charge is -2.24. The standard InChI is InChI=1S/C18H21BrN2O3S/c1-11(10-22)16(12-4-6-13(19)7-5-12)21-17(23)15-9-20-18(25-15)14-3-2-8-24-14/h4-7,9,11,14,16,22H,2-3,8,10H2,1H3,(H,21,23). The summed E-state index contributed by atoms with van der Waals surface area (Å²) in [7, 11) is 0. The zero-order valence-corrected chi connectivity index (χ0v) is 16.3. The monoisotopic (exact) mass is 424 g/mol. The highest BCUT2D eigenvalue weighted by Crippen LogP contribution is 2.32. The van der Waals surface area contributed by atoms with E-state index in [9.17, 15) is 9.90 Å². The summed E-state index contributed by atoms with van der Waals surface area (Å²) in [5.41, 5.74) is 0.960. The lowest BCUT2D eigenvalue weighted by atomic mass is 9.95. The number of carbonyl (C=O) groups is 1. The van der Waals surface area contributed by atoms with Crippen molar-refractivity contribution in [2.75, 3.05) is 13.2 Å². The molecule has 134 valence electrons. The number of benzene rings is 1. The van der Waals surface area contributed by atoms with E-state index >= 15 is 0 Å². The number of aliphatic hydroxyl groups is 1. The van der Waals surface area contributed by atoms with Crippen LogP contribution in [0.5, 0.6) is 0 Å². The van der Waals surface area contributed by atoms with Crippen LogP contribution in [0.25, 0.3) is 0 Å². The lowest BCUT2D eigenvalue weighted by Crippen LogP contribution is -2.33. The fourth-order valence-corrected chi connectivity index (χ4v) is 4.03. The van der Waals surface area contributed by atoms with Crippen LogP contribution in [0.2, 0.25) is 0 Å². The molecular formula is C18H21BrN2O3S. The molecule has 0 radical (unpaired) electrons. The van der Waals surface area contributed by atoms with Crippen LogP contribution in [-0.2, 0) is 4.74 Å². The summed E-state index contributed by atoms with van der Waals surface area (Å²) in [5.74, 6) is -0.273. The van der Waals surface area contributed by atoms with Crippen molar-refractivity contribution in [2.45, 2.75) is 31.9 Å². The average molecular weight is 425 g/mol. The Labute approximate surface area is 159 Å². The second-order valence-corrected chi connectivity index (χ2v) is 8.20. The Morgan fingerprint density at radius 3 is 2.88 bits per heavy atom. The molecule has 7 heteroatoms. The van der Waals surface area contributed by atoms with Gasteiger partial charge in [-0.25, -0.2) is 4.98 Å². The first-order valence-corrected chi connectivity index (χ1v) is 9.94. The van der Waals surface area contributed by atoms with E-state index in [1.165, 1.54) is 11.3 Å². The molecule has 2 heterocycles. The third kappa shape index (κ3) is 4.47. The second-order valence-electron chi connectivity index (χ2n) is 6.23. The summed E-state index contributed by atoms with van der Waals surface area (Å²) in [5, 5.41) is 13.5. The van der Waals surface area contributed by atoms with Crippen molar-refractivity contribution >= 4 is 33.2 Å². The van der Waals surface area contributed by atoms with Crippen LogP contribution in [0.1, 0.15) is 52.2 Å². The van der Waals surface area contributed by atoms with Crippen LogP contribution in [0, 0.1) is 5.92 Å². The largest absolute Gasteiger partial charge is 0.396 e. The van der Waals surface area contributed by atoms with Crippen molar-refractivity contribution in [1.29, 1.82) is 0 Å². The van der Waals surface area contributed by atoms with Gasteiger partial charge < -0.3 is 15.2 Å². The van der Waals surface area contributed by atoms with Gasteiger partial charge in [-0.1, -0.05) is 35.0 Å². The highest BCUT2D eigenvalue weighted by molar-refractivity contribution is 9.10. The molecular weight excluding hydrogens is 404 g/mol. The Morgan fingerprint density at radius 2 is 2.24 bits per heavy atom. The molecule has 3 rings (SSSR count). The van der Waals surface area contributed by atoms with Crippen molar-refractivity contribution in [1.82, 2.24) is 10.3 Å². The van der Waals surface area contributed by atoms with Crippen LogP contribution >= 0.6 is 27.3 Å². The SMILES string of the molecule is CC(CO)C(NC(=O)c1cnc(C2CCCO2)s1)c1ccc(Br)cc1. The molecule has 1 aromatic carbocycles. The molecule has 1 saturated heterocycles. The maximum absolute atomic E-state index is 12.7. The number of aromatic nitrogens is 1. The van der Waals surface area contributed by atoms with E-state index in [0.717, 1.165) is 34.5 Å². The Hall–Kier alpha value is -1.28. The number of halogens is 1. The van der Waals surface area contributed by atoms with Crippen LogP contribution in [0.15, 0.2) is 34.9 Å². The van der Waals surface area contributed by atoms with Gasteiger partial charge in [0.25, 0.3) is 5.91 Å². The van der Waals surface area contributed by atoms with Crippen molar-refractivity contribution in [2.24, 2.45) is 5.92 Å². The highest BCUT2D eigenvalue weighted by atomic mass is 79.9. The number of amides is 1. The van der Waals surface area contributed by atoms with Crippen LogP contribution in [0.3, 0.4) is 0 Å². The summed E-state index contributed by atoms with van der Waals surface area (Å²) < 4.78 is 6.60. The van der Waals surface area contributed by atoms with E-state index in [1.54, 1.807) is 6.20 Å². The summed E-state index contributed by atoms with van der Waals surface area (Å²) in [6.07, 6.45) is 3.62. The minimum Gasteiger partial charge on any atom is -0.396 e. The van der Waals surface area contributed by atoms with Gasteiger partial charge in [0.1, 0.15) is 16.0 Å². The highest BCUT2D eigenvalue weighted by Gasteiger charge is 2.25. The van der Waals surface area contributed by atoms with E-state index in [2.05, 4.69) is 26.2 Å². The van der Waals surface area contributed by atoms with Crippen molar-refractivity contribution in [3.8, 4) is 0 Å². The molecule has 2 N–H and O–H groups in total. The van der Waals surface area contributed by atoms with Crippen LogP contribution in [0.4, 0.5) is 0 Å². The quantitative estimate of drug-likeness (QED) is 0.738. The second kappa shape index (κ2) is 8.40. The molecule has 2 aromatic rings. The maximum atomic E-state index is 12.7. The van der Waals surface area contributed by atoms with Gasteiger partial charge >= 0.3 is 0 Å². The molecule has 0 aliphatic carbocycles. The van der Waals surface area contributed by atoms with Gasteiger partial charge in [0, 0.05) is 23.6 Å². The Morgan fingerprint density at radius 1 is 1.48 bits per heavy atom. The van der Waals surface area contributed by atoms with Crippen molar-refractivity contribution < 1.29 is 14.6 Å². The first kappa shape index (κ1) is 18.5. The van der Waals surface area contributed by atoms with Crippen LogP contribution < -0.4 is 5.32 Å². The van der Waals surface area contributed by atoms with Crippen molar-refractivity contribution in [3.05, 3.63) is 50.4 Å². The van der Waals surface area contributed by atoms with Crippen LogP contribution in [-0.4, -0.2) is 29.2 Å². The fraction of sp³-hybridized carbons (Fsp3) is 0.444. The smallest absolute Gasteiger partial charge is 0.263 e. The van der Waals surface area contributed by atoms with E-state index in [4.69, 9.17) is 4.74 Å². The summed E-state index contributed by atoms with van der Waals surface area (Å²) >= 11 is 4.80. The normalized spacial score (nSPS) is 19.6. The molecule has 25 heavy (non-hydrogen) atoms. The zero-order chi connectivity index (χ0) is 17.8. The third-order valence-electron chi connectivity index (χ3n) is 4.33. The molecule has 3 unspecified atom stereocenters. The molecule has 5 nitrogen and oxygen atoms in total. The molecule has 3 atom stereocenters. The van der Waals surface area contributed by atoms with Gasteiger partial charge in [0.05, 0.1) is 12.2 Å². The van der Waals surface area contributed by atoms with Gasteiger partial charge in [0.2, 0.25) is 0 Å². The minimum atomic E-state index is -0.265. The van der Waals surface area contributed by atoms with E-state index in [1.807, 2.05) is 31.2 Å². The number of hydrogen-bond donors (Lipinski definition) is 2. The molecule has 1 fully saturated rings. The predicted octanol–water partition coefficient (Wildman–Crippen LogP) is 3.86. The van der Waals surface area contributed by atoms with Crippen molar-refractivity contribution in [3.63, 3.8) is 0 Å². The summed E-state index contributed by atoms with van der Waals surface area (Å²) in [6.45, 7) is 2.66. The fourth-order valence-electron chi connectivity index (χ4n) is 2.86. The average Bonchev–Trinajstić information content (AvgIpc) is 3.30. The minimum absolute atomic E-state index is 0.00906.